The van der Waals surface area contributed by atoms with Crippen LogP contribution < -0.4 is 16.4 Å². The molecule has 0 bridgehead atoms. The van der Waals surface area contributed by atoms with Crippen molar-refractivity contribution in [3.8, 4) is 0 Å². The van der Waals surface area contributed by atoms with Gasteiger partial charge in [-0.1, -0.05) is 24.2 Å². The first kappa shape index (κ1) is 29.5. The van der Waals surface area contributed by atoms with E-state index in [-0.39, 0.29) is 35.3 Å². The Hall–Kier alpha value is -3.68. The standard InChI is InChI=1S/C23H29ClN6O6S/c1-14(10-12-35-37(5,33)34)22(31)28-16-8-9-18(27-13-16)19(25)21(30(3)4)29-23(32)36-15(2)17-7-6-11-26-20(17)24/h6-9,11,13,15H,1,10,12,25H2,2-5H3,(H,28,31)(H,29,32)/b21-19-/t15-/m1/s1. The molecule has 0 saturated carbocycles. The summed E-state index contributed by atoms with van der Waals surface area (Å²) in [6.07, 6.45) is 2.42. The fraction of sp³-hybridized carbons (Fsp3) is 0.304. The van der Waals surface area contributed by atoms with Crippen molar-refractivity contribution in [3.05, 3.63) is 71.0 Å². The molecule has 37 heavy (non-hydrogen) atoms. The fourth-order valence-electron chi connectivity index (χ4n) is 2.87. The minimum atomic E-state index is -3.60. The first-order valence-corrected chi connectivity index (χ1v) is 13.0. The maximum Gasteiger partial charge on any atom is 0.413 e. The molecule has 0 aliphatic carbocycles. The van der Waals surface area contributed by atoms with Crippen LogP contribution in [0.2, 0.25) is 5.15 Å². The van der Waals surface area contributed by atoms with Crippen molar-refractivity contribution in [2.75, 3.05) is 32.3 Å². The molecule has 0 aliphatic heterocycles. The lowest BCUT2D eigenvalue weighted by Crippen LogP contribution is -2.34. The summed E-state index contributed by atoms with van der Waals surface area (Å²) in [6, 6.07) is 6.50. The maximum absolute atomic E-state index is 12.5. The van der Waals surface area contributed by atoms with Crippen LogP contribution in [0.1, 0.15) is 30.7 Å². The molecule has 2 amide bonds. The number of hydrogen-bond donors (Lipinski definition) is 3. The second kappa shape index (κ2) is 13.0. The minimum Gasteiger partial charge on any atom is -0.441 e. The summed E-state index contributed by atoms with van der Waals surface area (Å²) in [4.78, 5) is 34.6. The molecule has 200 valence electrons. The third-order valence-corrected chi connectivity index (χ3v) is 5.66. The zero-order valence-electron chi connectivity index (χ0n) is 20.8. The monoisotopic (exact) mass is 552 g/mol. The topological polar surface area (TPSA) is 166 Å². The summed E-state index contributed by atoms with van der Waals surface area (Å²) < 4.78 is 32.0. The van der Waals surface area contributed by atoms with Crippen LogP contribution in [0.4, 0.5) is 10.5 Å². The second-order valence-corrected chi connectivity index (χ2v) is 9.98. The molecule has 0 saturated heterocycles. The second-order valence-electron chi connectivity index (χ2n) is 7.98. The highest BCUT2D eigenvalue weighted by Crippen LogP contribution is 2.23. The summed E-state index contributed by atoms with van der Waals surface area (Å²) in [5.41, 5.74) is 7.76. The van der Waals surface area contributed by atoms with Gasteiger partial charge in [-0.15, -0.1) is 0 Å². The van der Waals surface area contributed by atoms with Gasteiger partial charge in [-0.05, 0) is 25.1 Å². The number of halogens is 1. The van der Waals surface area contributed by atoms with Crippen molar-refractivity contribution in [1.29, 1.82) is 0 Å². The van der Waals surface area contributed by atoms with E-state index in [1.807, 2.05) is 0 Å². The van der Waals surface area contributed by atoms with E-state index in [9.17, 15) is 18.0 Å². The van der Waals surface area contributed by atoms with Gasteiger partial charge < -0.3 is 20.7 Å². The molecular formula is C23H29ClN6O6S. The van der Waals surface area contributed by atoms with Crippen LogP contribution in [0.15, 0.2) is 54.6 Å². The third-order valence-electron chi connectivity index (χ3n) is 4.75. The number of ether oxygens (including phenoxy) is 1. The first-order chi connectivity index (χ1) is 17.3. The van der Waals surface area contributed by atoms with Crippen LogP contribution in [-0.4, -0.2) is 62.2 Å². The van der Waals surface area contributed by atoms with Gasteiger partial charge >= 0.3 is 6.09 Å². The summed E-state index contributed by atoms with van der Waals surface area (Å²) >= 11 is 6.06. The van der Waals surface area contributed by atoms with Gasteiger partial charge in [-0.3, -0.25) is 19.3 Å². The molecule has 14 heteroatoms. The highest BCUT2D eigenvalue weighted by molar-refractivity contribution is 7.85. The smallest absolute Gasteiger partial charge is 0.413 e. The maximum atomic E-state index is 12.5. The molecule has 4 N–H and O–H groups in total. The van der Waals surface area contributed by atoms with E-state index in [0.717, 1.165) is 6.26 Å². The zero-order valence-corrected chi connectivity index (χ0v) is 22.4. The van der Waals surface area contributed by atoms with Gasteiger partial charge in [0.1, 0.15) is 17.1 Å². The summed E-state index contributed by atoms with van der Waals surface area (Å²) in [5, 5.41) is 5.44. The SMILES string of the molecule is C=C(CCOS(C)(=O)=O)C(=O)Nc1ccc(/C(N)=C(\NC(=O)O[C@H](C)c2cccnc2Cl)N(C)C)nc1. The molecule has 2 rings (SSSR count). The molecule has 0 radical (unpaired) electrons. The Morgan fingerprint density at radius 1 is 1.24 bits per heavy atom. The molecule has 2 heterocycles. The van der Waals surface area contributed by atoms with Crippen LogP contribution in [0.5, 0.6) is 0 Å². The number of carbonyl (C=O) groups excluding carboxylic acids is 2. The number of pyridine rings is 2. The Balaban J connectivity index is 2.06. The molecule has 0 unspecified atom stereocenters. The minimum absolute atomic E-state index is 0.0275. The van der Waals surface area contributed by atoms with Crippen LogP contribution >= 0.6 is 11.6 Å². The van der Waals surface area contributed by atoms with Crippen LogP contribution in [0, 0.1) is 0 Å². The fourth-order valence-corrected chi connectivity index (χ4v) is 3.53. The van der Waals surface area contributed by atoms with E-state index in [0.29, 0.717) is 16.9 Å². The summed E-state index contributed by atoms with van der Waals surface area (Å²) in [5.74, 6) is -0.283. The predicted molar refractivity (Wildman–Crippen MR) is 139 cm³/mol. The summed E-state index contributed by atoms with van der Waals surface area (Å²) in [6.45, 7) is 5.09. The van der Waals surface area contributed by atoms with Crippen molar-refractivity contribution in [1.82, 2.24) is 20.2 Å². The van der Waals surface area contributed by atoms with Gasteiger partial charge in [0, 0.05) is 37.8 Å². The molecule has 0 fully saturated rings. The molecule has 2 aromatic heterocycles. The number of carbonyl (C=O) groups is 2. The van der Waals surface area contributed by atoms with E-state index < -0.39 is 28.2 Å². The van der Waals surface area contributed by atoms with E-state index >= 15 is 0 Å². The van der Waals surface area contributed by atoms with Gasteiger partial charge in [0.15, 0.2) is 0 Å². The van der Waals surface area contributed by atoms with Gasteiger partial charge in [-0.2, -0.15) is 8.42 Å². The highest BCUT2D eigenvalue weighted by Gasteiger charge is 2.19. The predicted octanol–water partition coefficient (Wildman–Crippen LogP) is 2.62. The average Bonchev–Trinajstić information content (AvgIpc) is 2.81. The number of nitrogens with zero attached hydrogens (tertiary/aromatic N) is 3. The van der Waals surface area contributed by atoms with Crippen LogP contribution in [-0.2, 0) is 23.8 Å². The van der Waals surface area contributed by atoms with Gasteiger partial charge in [0.2, 0.25) is 0 Å². The van der Waals surface area contributed by atoms with E-state index in [1.54, 1.807) is 50.2 Å². The number of rotatable bonds is 11. The Labute approximate surface area is 220 Å². The van der Waals surface area contributed by atoms with Gasteiger partial charge in [0.05, 0.1) is 36.1 Å². The first-order valence-electron chi connectivity index (χ1n) is 10.8. The third kappa shape index (κ3) is 9.37. The number of nitrogens with two attached hydrogens (primary N) is 1. The largest absolute Gasteiger partial charge is 0.441 e. The normalized spacial score (nSPS) is 12.7. The van der Waals surface area contributed by atoms with Crippen molar-refractivity contribution >= 4 is 45.1 Å². The number of anilines is 1. The lowest BCUT2D eigenvalue weighted by atomic mass is 10.2. The zero-order chi connectivity index (χ0) is 27.8. The van der Waals surface area contributed by atoms with Crippen LogP contribution in [0.3, 0.4) is 0 Å². The lowest BCUT2D eigenvalue weighted by molar-refractivity contribution is -0.113. The van der Waals surface area contributed by atoms with E-state index in [2.05, 4.69) is 31.4 Å². The van der Waals surface area contributed by atoms with Crippen molar-refractivity contribution in [2.24, 2.45) is 5.73 Å². The number of amides is 2. The van der Waals surface area contributed by atoms with Gasteiger partial charge in [-0.25, -0.2) is 9.78 Å². The van der Waals surface area contributed by atoms with Crippen molar-refractivity contribution in [2.45, 2.75) is 19.4 Å². The molecule has 0 aromatic carbocycles. The van der Waals surface area contributed by atoms with E-state index in [4.69, 9.17) is 22.1 Å². The molecule has 0 spiro atoms. The van der Waals surface area contributed by atoms with Gasteiger partial charge in [0.25, 0.3) is 16.0 Å². The number of hydrogen-bond acceptors (Lipinski definition) is 10. The molecule has 1 atom stereocenters. The Morgan fingerprint density at radius 3 is 2.51 bits per heavy atom. The van der Waals surface area contributed by atoms with Crippen LogP contribution in [0.25, 0.3) is 5.70 Å². The van der Waals surface area contributed by atoms with E-state index in [1.165, 1.54) is 12.4 Å². The Kier molecular flexibility index (Phi) is 10.4. The number of alkyl carbamates (subject to hydrolysis) is 1. The lowest BCUT2D eigenvalue weighted by Gasteiger charge is -2.22. The van der Waals surface area contributed by atoms with Crippen molar-refractivity contribution in [3.63, 3.8) is 0 Å². The quantitative estimate of drug-likeness (QED) is 0.214. The Morgan fingerprint density at radius 2 is 1.95 bits per heavy atom. The molecule has 2 aromatic rings. The average molecular weight is 553 g/mol. The van der Waals surface area contributed by atoms with Crippen molar-refractivity contribution < 1.29 is 26.9 Å². The highest BCUT2D eigenvalue weighted by atomic mass is 35.5. The molecule has 12 nitrogen and oxygen atoms in total. The number of aromatic nitrogens is 2. The molecule has 0 aliphatic rings. The molecular weight excluding hydrogens is 524 g/mol. The Bertz CT molecular complexity index is 1280. The number of nitrogens with one attached hydrogen (secondary N) is 2. The summed E-state index contributed by atoms with van der Waals surface area (Å²) in [7, 11) is -0.247.